The highest BCUT2D eigenvalue weighted by molar-refractivity contribution is 14.1. The van der Waals surface area contributed by atoms with Crippen LogP contribution in [0.25, 0.3) is 11.3 Å². The molecule has 0 saturated heterocycles. The molecule has 0 spiro atoms. The van der Waals surface area contributed by atoms with Crippen LogP contribution in [0, 0.1) is 14.9 Å². The fourth-order valence-electron chi connectivity index (χ4n) is 1.60. The zero-order valence-corrected chi connectivity index (χ0v) is 11.6. The van der Waals surface area contributed by atoms with Gasteiger partial charge in [0.2, 0.25) is 0 Å². The summed E-state index contributed by atoms with van der Waals surface area (Å²) in [6.07, 6.45) is 3.30. The SMILES string of the molecule is N#C/C(=C(/N)c1cccc(I)c1)c1ccncc1. The van der Waals surface area contributed by atoms with E-state index in [9.17, 15) is 5.26 Å². The highest BCUT2D eigenvalue weighted by Crippen LogP contribution is 2.22. The molecule has 18 heavy (non-hydrogen) atoms. The van der Waals surface area contributed by atoms with Crippen LogP contribution in [0.3, 0.4) is 0 Å². The van der Waals surface area contributed by atoms with E-state index in [0.29, 0.717) is 11.3 Å². The van der Waals surface area contributed by atoms with Gasteiger partial charge in [0.1, 0.15) is 6.07 Å². The van der Waals surface area contributed by atoms with Crippen LogP contribution in [0.2, 0.25) is 0 Å². The van der Waals surface area contributed by atoms with Gasteiger partial charge in [0, 0.05) is 16.0 Å². The van der Waals surface area contributed by atoms with Gasteiger partial charge in [0.25, 0.3) is 0 Å². The standard InChI is InChI=1S/C14H10IN3/c15-12-3-1-2-11(8-12)14(17)13(9-16)10-4-6-18-7-5-10/h1-8H,17H2/b14-13-. The van der Waals surface area contributed by atoms with E-state index in [4.69, 9.17) is 5.73 Å². The number of hydrogen-bond acceptors (Lipinski definition) is 3. The second-order valence-electron chi connectivity index (χ2n) is 3.65. The van der Waals surface area contributed by atoms with E-state index in [1.54, 1.807) is 24.5 Å². The average Bonchev–Trinajstić information content (AvgIpc) is 2.41. The number of nitrogens with zero attached hydrogens (tertiary/aromatic N) is 2. The van der Waals surface area contributed by atoms with Crippen LogP contribution in [0.15, 0.2) is 48.8 Å². The van der Waals surface area contributed by atoms with Gasteiger partial charge in [0.15, 0.2) is 0 Å². The van der Waals surface area contributed by atoms with Crippen molar-refractivity contribution in [3.8, 4) is 6.07 Å². The maximum Gasteiger partial charge on any atom is 0.102 e. The molecule has 0 saturated carbocycles. The first-order valence-electron chi connectivity index (χ1n) is 5.28. The van der Waals surface area contributed by atoms with E-state index < -0.39 is 0 Å². The fourth-order valence-corrected chi connectivity index (χ4v) is 2.14. The van der Waals surface area contributed by atoms with Gasteiger partial charge in [0.05, 0.1) is 11.3 Å². The molecular formula is C14H10IN3. The lowest BCUT2D eigenvalue weighted by Crippen LogP contribution is -2.01. The summed E-state index contributed by atoms with van der Waals surface area (Å²) in [5.74, 6) is 0. The van der Waals surface area contributed by atoms with Gasteiger partial charge in [-0.3, -0.25) is 4.98 Å². The molecule has 3 nitrogen and oxygen atoms in total. The molecule has 0 bridgehead atoms. The first-order valence-corrected chi connectivity index (χ1v) is 6.36. The van der Waals surface area contributed by atoms with Gasteiger partial charge in [-0.25, -0.2) is 0 Å². The Hall–Kier alpha value is -1.87. The number of allylic oxidation sites excluding steroid dienone is 1. The minimum atomic E-state index is 0.472. The minimum absolute atomic E-state index is 0.472. The molecule has 1 heterocycles. The Labute approximate surface area is 119 Å². The highest BCUT2D eigenvalue weighted by atomic mass is 127. The highest BCUT2D eigenvalue weighted by Gasteiger charge is 2.08. The quantitative estimate of drug-likeness (QED) is 0.671. The van der Waals surface area contributed by atoms with Crippen LogP contribution < -0.4 is 5.73 Å². The number of rotatable bonds is 2. The molecule has 0 fully saturated rings. The van der Waals surface area contributed by atoms with Crippen molar-refractivity contribution in [2.24, 2.45) is 5.73 Å². The monoisotopic (exact) mass is 347 g/mol. The number of nitriles is 1. The lowest BCUT2D eigenvalue weighted by atomic mass is 10.0. The van der Waals surface area contributed by atoms with Crippen molar-refractivity contribution in [2.75, 3.05) is 0 Å². The van der Waals surface area contributed by atoms with Crippen LogP contribution in [0.1, 0.15) is 11.1 Å². The number of aromatic nitrogens is 1. The summed E-state index contributed by atoms with van der Waals surface area (Å²) < 4.78 is 1.08. The number of pyridine rings is 1. The van der Waals surface area contributed by atoms with E-state index in [2.05, 4.69) is 33.6 Å². The lowest BCUT2D eigenvalue weighted by Gasteiger charge is -2.06. The summed E-state index contributed by atoms with van der Waals surface area (Å²) in [7, 11) is 0. The Bertz CT molecular complexity index is 627. The van der Waals surface area contributed by atoms with Crippen LogP contribution in [0.5, 0.6) is 0 Å². The van der Waals surface area contributed by atoms with Crippen molar-refractivity contribution < 1.29 is 0 Å². The number of halogens is 1. The molecule has 1 aromatic heterocycles. The first-order chi connectivity index (χ1) is 8.72. The largest absolute Gasteiger partial charge is 0.397 e. The van der Waals surface area contributed by atoms with Crippen LogP contribution in [0.4, 0.5) is 0 Å². The van der Waals surface area contributed by atoms with E-state index >= 15 is 0 Å². The summed E-state index contributed by atoms with van der Waals surface area (Å²) in [5, 5.41) is 9.27. The smallest absolute Gasteiger partial charge is 0.102 e. The van der Waals surface area contributed by atoms with Crippen molar-refractivity contribution >= 4 is 33.9 Å². The zero-order valence-electron chi connectivity index (χ0n) is 9.47. The third-order valence-corrected chi connectivity index (χ3v) is 3.16. The Balaban J connectivity index is 2.55. The molecule has 0 aliphatic heterocycles. The Kier molecular flexibility index (Phi) is 3.95. The Morgan fingerprint density at radius 1 is 1.17 bits per heavy atom. The maximum atomic E-state index is 9.27. The maximum absolute atomic E-state index is 9.27. The van der Waals surface area contributed by atoms with Crippen LogP contribution in [-0.4, -0.2) is 4.98 Å². The number of nitrogens with two attached hydrogens (primary N) is 1. The molecule has 2 rings (SSSR count). The van der Waals surface area contributed by atoms with E-state index in [0.717, 1.165) is 14.7 Å². The molecule has 2 aromatic rings. The molecule has 0 unspecified atom stereocenters. The summed E-state index contributed by atoms with van der Waals surface area (Å²) >= 11 is 2.22. The van der Waals surface area contributed by atoms with Gasteiger partial charge >= 0.3 is 0 Å². The Morgan fingerprint density at radius 3 is 2.50 bits per heavy atom. The Morgan fingerprint density at radius 2 is 1.89 bits per heavy atom. The summed E-state index contributed by atoms with van der Waals surface area (Å²) in [6.45, 7) is 0. The molecule has 0 amide bonds. The van der Waals surface area contributed by atoms with E-state index in [1.165, 1.54) is 0 Å². The summed E-state index contributed by atoms with van der Waals surface area (Å²) in [4.78, 5) is 3.93. The molecule has 0 aliphatic carbocycles. The minimum Gasteiger partial charge on any atom is -0.397 e. The molecular weight excluding hydrogens is 337 g/mol. The van der Waals surface area contributed by atoms with Crippen LogP contribution in [-0.2, 0) is 0 Å². The van der Waals surface area contributed by atoms with Crippen molar-refractivity contribution in [1.29, 1.82) is 5.26 Å². The van der Waals surface area contributed by atoms with Crippen molar-refractivity contribution in [1.82, 2.24) is 4.98 Å². The van der Waals surface area contributed by atoms with Gasteiger partial charge in [-0.15, -0.1) is 0 Å². The molecule has 0 atom stereocenters. The molecule has 2 N–H and O–H groups in total. The normalized spacial score (nSPS) is 11.6. The lowest BCUT2D eigenvalue weighted by molar-refractivity contribution is 1.32. The van der Waals surface area contributed by atoms with Crippen molar-refractivity contribution in [3.63, 3.8) is 0 Å². The first kappa shape index (κ1) is 12.6. The van der Waals surface area contributed by atoms with Crippen molar-refractivity contribution in [2.45, 2.75) is 0 Å². The predicted octanol–water partition coefficient (Wildman–Crippen LogP) is 3.04. The molecule has 4 heteroatoms. The third-order valence-electron chi connectivity index (χ3n) is 2.49. The van der Waals surface area contributed by atoms with Gasteiger partial charge < -0.3 is 5.73 Å². The second kappa shape index (κ2) is 5.65. The van der Waals surface area contributed by atoms with Gasteiger partial charge in [-0.1, -0.05) is 12.1 Å². The third kappa shape index (κ3) is 2.68. The zero-order chi connectivity index (χ0) is 13.0. The molecule has 88 valence electrons. The van der Waals surface area contributed by atoms with E-state index in [1.807, 2.05) is 24.3 Å². The molecule has 0 radical (unpaired) electrons. The summed E-state index contributed by atoms with van der Waals surface area (Å²) in [5.41, 5.74) is 8.68. The topological polar surface area (TPSA) is 62.7 Å². The van der Waals surface area contributed by atoms with E-state index in [-0.39, 0.29) is 0 Å². The van der Waals surface area contributed by atoms with Crippen LogP contribution >= 0.6 is 22.6 Å². The second-order valence-corrected chi connectivity index (χ2v) is 4.89. The van der Waals surface area contributed by atoms with Crippen molar-refractivity contribution in [3.05, 3.63) is 63.5 Å². The molecule has 1 aromatic carbocycles. The summed E-state index contributed by atoms with van der Waals surface area (Å²) in [6, 6.07) is 13.5. The molecule has 0 aliphatic rings. The average molecular weight is 347 g/mol. The number of hydrogen-bond donors (Lipinski definition) is 1. The fraction of sp³-hybridized carbons (Fsp3) is 0. The number of benzene rings is 1. The van der Waals surface area contributed by atoms with Gasteiger partial charge in [-0.05, 0) is 58.0 Å². The predicted molar refractivity (Wildman–Crippen MR) is 80.0 cm³/mol. The van der Waals surface area contributed by atoms with Gasteiger partial charge in [-0.2, -0.15) is 5.26 Å².